The lowest BCUT2D eigenvalue weighted by molar-refractivity contribution is -0.137. The van der Waals surface area contributed by atoms with Crippen molar-refractivity contribution in [3.05, 3.63) is 105 Å². The van der Waals surface area contributed by atoms with Gasteiger partial charge in [0.05, 0.1) is 17.2 Å². The lowest BCUT2D eigenvalue weighted by Gasteiger charge is -2.26. The van der Waals surface area contributed by atoms with Crippen molar-refractivity contribution in [1.29, 1.82) is 0 Å². The Hall–Kier alpha value is -3.46. The molecule has 1 saturated heterocycles. The van der Waals surface area contributed by atoms with Crippen molar-refractivity contribution < 1.29 is 32.3 Å². The van der Waals surface area contributed by atoms with Crippen LogP contribution in [-0.2, 0) is 15.8 Å². The Bertz CT molecular complexity index is 1270. The molecule has 0 saturated carbocycles. The predicted octanol–water partition coefficient (Wildman–Crippen LogP) is 6.23. The van der Waals surface area contributed by atoms with E-state index in [1.54, 1.807) is 12.1 Å². The van der Waals surface area contributed by atoms with Crippen LogP contribution in [-0.4, -0.2) is 16.8 Å². The van der Waals surface area contributed by atoms with Gasteiger partial charge in [-0.05, 0) is 48.0 Å². The maximum absolute atomic E-state index is 13.6. The summed E-state index contributed by atoms with van der Waals surface area (Å²) in [5.41, 5.74) is -1.03. The van der Waals surface area contributed by atoms with Crippen LogP contribution in [0.3, 0.4) is 0 Å². The summed E-state index contributed by atoms with van der Waals surface area (Å²) < 4.78 is 54.1. The molecule has 1 unspecified atom stereocenters. The van der Waals surface area contributed by atoms with Crippen LogP contribution >= 0.6 is 15.9 Å². The van der Waals surface area contributed by atoms with Gasteiger partial charge in [0.25, 0.3) is 11.7 Å². The van der Waals surface area contributed by atoms with E-state index in [1.165, 1.54) is 30.3 Å². The summed E-state index contributed by atoms with van der Waals surface area (Å²) in [6.07, 6.45) is -4.67. The molecule has 0 bridgehead atoms. The third kappa shape index (κ3) is 4.28. The van der Waals surface area contributed by atoms with E-state index < -0.39 is 41.0 Å². The molecule has 9 heteroatoms. The minimum absolute atomic E-state index is 0.184. The van der Waals surface area contributed by atoms with Gasteiger partial charge < -0.3 is 5.11 Å². The molecule has 3 aromatic carbocycles. The maximum atomic E-state index is 13.6. The summed E-state index contributed by atoms with van der Waals surface area (Å²) in [5, 5.41) is 10.9. The van der Waals surface area contributed by atoms with E-state index in [4.69, 9.17) is 0 Å². The Morgan fingerprint density at radius 3 is 2.18 bits per heavy atom. The maximum Gasteiger partial charge on any atom is 0.416 e. The lowest BCUT2D eigenvalue weighted by Crippen LogP contribution is -2.29. The number of benzene rings is 3. The first-order valence-electron chi connectivity index (χ1n) is 9.57. The van der Waals surface area contributed by atoms with Crippen LogP contribution in [0.4, 0.5) is 23.2 Å². The van der Waals surface area contributed by atoms with Gasteiger partial charge in [-0.2, -0.15) is 13.2 Å². The highest BCUT2D eigenvalue weighted by molar-refractivity contribution is 9.10. The number of ketones is 1. The van der Waals surface area contributed by atoms with E-state index in [0.717, 1.165) is 35.2 Å². The molecule has 0 radical (unpaired) electrons. The molecule has 168 valence electrons. The Labute approximate surface area is 193 Å². The number of aliphatic hydroxyl groups excluding tert-OH is 1. The first-order chi connectivity index (χ1) is 15.6. The van der Waals surface area contributed by atoms with E-state index >= 15 is 0 Å². The molecule has 1 fully saturated rings. The molecule has 4 rings (SSSR count). The van der Waals surface area contributed by atoms with Crippen molar-refractivity contribution in [2.45, 2.75) is 12.2 Å². The molecular weight excluding hydrogens is 506 g/mol. The number of nitrogens with zero attached hydrogens (tertiary/aromatic N) is 1. The Morgan fingerprint density at radius 1 is 0.939 bits per heavy atom. The van der Waals surface area contributed by atoms with Crippen molar-refractivity contribution in [2.24, 2.45) is 0 Å². The van der Waals surface area contributed by atoms with Gasteiger partial charge in [-0.3, -0.25) is 14.5 Å². The van der Waals surface area contributed by atoms with Crippen molar-refractivity contribution in [1.82, 2.24) is 0 Å². The number of hydrogen-bond acceptors (Lipinski definition) is 3. The van der Waals surface area contributed by atoms with Gasteiger partial charge in [0, 0.05) is 15.7 Å². The average molecular weight is 520 g/mol. The molecule has 3 aromatic rings. The zero-order valence-electron chi connectivity index (χ0n) is 16.6. The fourth-order valence-corrected chi connectivity index (χ4v) is 3.92. The highest BCUT2D eigenvalue weighted by Gasteiger charge is 2.47. The molecule has 1 heterocycles. The van der Waals surface area contributed by atoms with E-state index in [2.05, 4.69) is 15.9 Å². The third-order valence-electron chi connectivity index (χ3n) is 5.20. The predicted molar refractivity (Wildman–Crippen MR) is 117 cm³/mol. The topological polar surface area (TPSA) is 57.6 Å². The zero-order valence-corrected chi connectivity index (χ0v) is 18.2. The number of carbonyl (C=O) groups excluding carboxylic acids is 2. The molecule has 0 spiro atoms. The highest BCUT2D eigenvalue weighted by atomic mass is 79.9. The van der Waals surface area contributed by atoms with E-state index in [1.807, 2.05) is 0 Å². The number of anilines is 1. The molecule has 0 aliphatic carbocycles. The second-order valence-corrected chi connectivity index (χ2v) is 8.19. The number of aliphatic hydroxyl groups is 1. The number of alkyl halides is 3. The largest absolute Gasteiger partial charge is 0.507 e. The summed E-state index contributed by atoms with van der Waals surface area (Å²) in [4.78, 5) is 26.9. The standard InChI is InChI=1S/C24H14BrF4NO3/c25-16-8-4-14(5-9-16)21(31)19-20(13-6-10-17(26)11-7-13)30(23(33)22(19)32)18-3-1-2-15(12-18)24(27,28)29/h1-12,20,31H. The quantitative estimate of drug-likeness (QED) is 0.193. The van der Waals surface area contributed by atoms with Crippen LogP contribution in [0.2, 0.25) is 0 Å². The van der Waals surface area contributed by atoms with Crippen molar-refractivity contribution in [2.75, 3.05) is 4.90 Å². The number of hydrogen-bond donors (Lipinski definition) is 1. The second kappa shape index (κ2) is 8.47. The smallest absolute Gasteiger partial charge is 0.416 e. The molecule has 1 aliphatic rings. The fourth-order valence-electron chi connectivity index (χ4n) is 3.65. The third-order valence-corrected chi connectivity index (χ3v) is 5.73. The summed E-state index contributed by atoms with van der Waals surface area (Å²) >= 11 is 3.26. The first-order valence-corrected chi connectivity index (χ1v) is 10.4. The number of amides is 1. The van der Waals surface area contributed by atoms with Crippen LogP contribution in [0, 0.1) is 5.82 Å². The molecule has 1 aliphatic heterocycles. The van der Waals surface area contributed by atoms with Crippen LogP contribution in [0.5, 0.6) is 0 Å². The SMILES string of the molecule is O=C1C(=O)N(c2cccc(C(F)(F)F)c2)C(c2ccc(F)cc2)C1=C(O)c1ccc(Br)cc1. The van der Waals surface area contributed by atoms with Crippen molar-refractivity contribution >= 4 is 39.1 Å². The monoisotopic (exact) mass is 519 g/mol. The average Bonchev–Trinajstić information content (AvgIpc) is 3.04. The Balaban J connectivity index is 1.94. The number of rotatable bonds is 3. The summed E-state index contributed by atoms with van der Waals surface area (Å²) in [5.74, 6) is -3.25. The summed E-state index contributed by atoms with van der Waals surface area (Å²) in [6.45, 7) is 0. The molecule has 4 nitrogen and oxygen atoms in total. The summed E-state index contributed by atoms with van der Waals surface area (Å²) in [6, 6.07) is 13.8. The molecule has 1 N–H and O–H groups in total. The minimum atomic E-state index is -4.67. The van der Waals surface area contributed by atoms with Gasteiger partial charge in [-0.1, -0.05) is 46.3 Å². The lowest BCUT2D eigenvalue weighted by atomic mass is 9.95. The van der Waals surface area contributed by atoms with Crippen LogP contribution in [0.15, 0.2) is 82.8 Å². The van der Waals surface area contributed by atoms with E-state index in [0.29, 0.717) is 4.47 Å². The number of halogens is 5. The van der Waals surface area contributed by atoms with Crippen molar-refractivity contribution in [3.8, 4) is 0 Å². The minimum Gasteiger partial charge on any atom is -0.507 e. The van der Waals surface area contributed by atoms with E-state index in [9.17, 15) is 32.3 Å². The van der Waals surface area contributed by atoms with E-state index in [-0.39, 0.29) is 22.4 Å². The van der Waals surface area contributed by atoms with Gasteiger partial charge in [-0.15, -0.1) is 0 Å². The normalized spacial score (nSPS) is 18.1. The fraction of sp³-hybridized carbons (Fsp3) is 0.0833. The molecule has 33 heavy (non-hydrogen) atoms. The van der Waals surface area contributed by atoms with Crippen molar-refractivity contribution in [3.63, 3.8) is 0 Å². The highest BCUT2D eigenvalue weighted by Crippen LogP contribution is 2.43. The molecule has 0 aromatic heterocycles. The molecular formula is C24H14BrF4NO3. The van der Waals surface area contributed by atoms with Gasteiger partial charge >= 0.3 is 6.18 Å². The zero-order chi connectivity index (χ0) is 23.9. The Morgan fingerprint density at radius 2 is 1.58 bits per heavy atom. The van der Waals surface area contributed by atoms with Gasteiger partial charge in [0.15, 0.2) is 0 Å². The van der Waals surface area contributed by atoms with Gasteiger partial charge in [0.1, 0.15) is 11.6 Å². The molecule has 1 atom stereocenters. The van der Waals surface area contributed by atoms with Crippen LogP contribution in [0.1, 0.15) is 22.7 Å². The van der Waals surface area contributed by atoms with Gasteiger partial charge in [-0.25, -0.2) is 4.39 Å². The summed E-state index contributed by atoms with van der Waals surface area (Å²) in [7, 11) is 0. The molecule has 1 amide bonds. The first kappa shape index (κ1) is 22.7. The van der Waals surface area contributed by atoms with Gasteiger partial charge in [0.2, 0.25) is 0 Å². The number of carbonyl (C=O) groups is 2. The second-order valence-electron chi connectivity index (χ2n) is 7.28. The van der Waals surface area contributed by atoms with Crippen LogP contribution in [0.25, 0.3) is 5.76 Å². The number of Topliss-reactive ketones (excluding diaryl/α,β-unsaturated/α-hetero) is 1. The van der Waals surface area contributed by atoms with Crippen LogP contribution < -0.4 is 4.90 Å². The Kier molecular flexibility index (Phi) is 5.84.